The summed E-state index contributed by atoms with van der Waals surface area (Å²) >= 11 is 0. The Labute approximate surface area is 120 Å². The molecule has 0 bridgehead atoms. The van der Waals surface area contributed by atoms with Gasteiger partial charge in [0.1, 0.15) is 0 Å². The Bertz CT molecular complexity index is 464. The molecule has 0 aromatic heterocycles. The second kappa shape index (κ2) is 7.20. The third-order valence-electron chi connectivity index (χ3n) is 3.13. The van der Waals surface area contributed by atoms with Crippen molar-refractivity contribution in [3.63, 3.8) is 0 Å². The van der Waals surface area contributed by atoms with Crippen molar-refractivity contribution in [2.75, 3.05) is 0 Å². The second-order valence-corrected chi connectivity index (χ2v) is 5.70. The lowest BCUT2D eigenvalue weighted by atomic mass is 9.94. The number of benzene rings is 1. The molecular weight excluding hydrogens is 252 g/mol. The van der Waals surface area contributed by atoms with Crippen molar-refractivity contribution in [1.29, 1.82) is 0 Å². The van der Waals surface area contributed by atoms with Crippen molar-refractivity contribution < 1.29 is 9.59 Å². The predicted octanol–water partition coefficient (Wildman–Crippen LogP) is 1.92. The molecule has 4 heteroatoms. The van der Waals surface area contributed by atoms with E-state index in [1.165, 1.54) is 0 Å². The summed E-state index contributed by atoms with van der Waals surface area (Å²) in [4.78, 5) is 23.3. The van der Waals surface area contributed by atoms with Gasteiger partial charge >= 0.3 is 0 Å². The molecule has 0 saturated carbocycles. The smallest absolute Gasteiger partial charge is 0.248 e. The summed E-state index contributed by atoms with van der Waals surface area (Å²) in [5, 5.41) is 3.31. The number of rotatable bonds is 7. The largest absolute Gasteiger partial charge is 0.366 e. The molecule has 0 saturated heterocycles. The van der Waals surface area contributed by atoms with Gasteiger partial charge in [-0.25, -0.2) is 0 Å². The summed E-state index contributed by atoms with van der Waals surface area (Å²) in [6, 6.07) is 7.14. The van der Waals surface area contributed by atoms with Crippen molar-refractivity contribution >= 4 is 11.7 Å². The summed E-state index contributed by atoms with van der Waals surface area (Å²) in [6.45, 7) is 7.87. The Kier molecular flexibility index (Phi) is 5.89. The highest BCUT2D eigenvalue weighted by molar-refractivity contribution is 5.92. The van der Waals surface area contributed by atoms with Gasteiger partial charge in [0.25, 0.3) is 0 Å². The van der Waals surface area contributed by atoms with Crippen molar-refractivity contribution in [2.45, 2.75) is 46.2 Å². The topological polar surface area (TPSA) is 72.2 Å². The molecule has 0 spiro atoms. The van der Waals surface area contributed by atoms with E-state index in [9.17, 15) is 9.59 Å². The fourth-order valence-corrected chi connectivity index (χ4v) is 2.09. The lowest BCUT2D eigenvalue weighted by molar-refractivity contribution is -0.124. The van der Waals surface area contributed by atoms with Crippen LogP contribution in [0.15, 0.2) is 24.3 Å². The van der Waals surface area contributed by atoms with Gasteiger partial charge < -0.3 is 11.1 Å². The number of hydrogen-bond acceptors (Lipinski definition) is 3. The first-order valence-electron chi connectivity index (χ1n) is 6.99. The van der Waals surface area contributed by atoms with E-state index in [4.69, 9.17) is 5.73 Å². The van der Waals surface area contributed by atoms with Crippen LogP contribution >= 0.6 is 0 Å². The number of hydrogen-bond donors (Lipinski definition) is 2. The van der Waals surface area contributed by atoms with Crippen LogP contribution in [0.2, 0.25) is 0 Å². The van der Waals surface area contributed by atoms with Gasteiger partial charge in [-0.3, -0.25) is 9.59 Å². The van der Waals surface area contributed by atoms with E-state index >= 15 is 0 Å². The highest BCUT2D eigenvalue weighted by Crippen LogP contribution is 2.10. The quantitative estimate of drug-likeness (QED) is 0.799. The van der Waals surface area contributed by atoms with Crippen LogP contribution in [0.25, 0.3) is 0 Å². The Morgan fingerprint density at radius 3 is 2.05 bits per heavy atom. The average Bonchev–Trinajstić information content (AvgIpc) is 2.37. The number of carbonyl (C=O) groups is 2. The minimum Gasteiger partial charge on any atom is -0.366 e. The summed E-state index contributed by atoms with van der Waals surface area (Å²) in [7, 11) is 0. The van der Waals surface area contributed by atoms with Crippen LogP contribution < -0.4 is 11.1 Å². The van der Waals surface area contributed by atoms with Crippen LogP contribution in [0.4, 0.5) is 0 Å². The van der Waals surface area contributed by atoms with E-state index in [2.05, 4.69) is 5.32 Å². The average molecular weight is 276 g/mol. The maximum atomic E-state index is 12.2. The zero-order valence-corrected chi connectivity index (χ0v) is 12.6. The molecule has 0 aliphatic rings. The van der Waals surface area contributed by atoms with Crippen molar-refractivity contribution in [2.24, 2.45) is 11.7 Å². The molecule has 4 nitrogen and oxygen atoms in total. The second-order valence-electron chi connectivity index (χ2n) is 5.70. The first-order valence-corrected chi connectivity index (χ1v) is 6.99. The Hall–Kier alpha value is -1.68. The number of amides is 1. The molecule has 0 unspecified atom stereocenters. The molecule has 1 amide bonds. The van der Waals surface area contributed by atoms with Gasteiger partial charge in [-0.2, -0.15) is 0 Å². The summed E-state index contributed by atoms with van der Waals surface area (Å²) in [6.07, 6.45) is 0.619. The summed E-state index contributed by atoms with van der Waals surface area (Å²) in [5.41, 5.74) is 6.71. The predicted molar refractivity (Wildman–Crippen MR) is 80.6 cm³/mol. The molecular formula is C16H24N2O2. The summed E-state index contributed by atoms with van der Waals surface area (Å²) < 4.78 is 0. The van der Waals surface area contributed by atoms with E-state index in [0.717, 1.165) is 5.56 Å². The van der Waals surface area contributed by atoms with Gasteiger partial charge in [0.05, 0.1) is 6.04 Å². The van der Waals surface area contributed by atoms with E-state index in [-0.39, 0.29) is 23.8 Å². The van der Waals surface area contributed by atoms with Gasteiger partial charge in [0.15, 0.2) is 5.78 Å². The summed E-state index contributed by atoms with van der Waals surface area (Å²) in [5.74, 6) is -0.236. The molecule has 1 aromatic carbocycles. The maximum Gasteiger partial charge on any atom is 0.248 e. The molecule has 110 valence electrons. The van der Waals surface area contributed by atoms with E-state index in [1.54, 1.807) is 12.1 Å². The minimum atomic E-state index is -0.438. The molecule has 20 heavy (non-hydrogen) atoms. The Morgan fingerprint density at radius 2 is 1.65 bits per heavy atom. The van der Waals surface area contributed by atoms with Crippen LogP contribution in [0.5, 0.6) is 0 Å². The molecule has 1 atom stereocenters. The molecule has 0 fully saturated rings. The van der Waals surface area contributed by atoms with E-state index in [1.807, 2.05) is 39.8 Å². The van der Waals surface area contributed by atoms with E-state index < -0.39 is 5.91 Å². The number of nitrogens with one attached hydrogen (secondary N) is 1. The SMILES string of the molecule is CC(C)N[C@@H](Cc1ccc(C(N)=O)cc1)C(=O)C(C)C. The zero-order valence-electron chi connectivity index (χ0n) is 12.6. The molecule has 0 heterocycles. The molecule has 1 aromatic rings. The molecule has 0 aliphatic heterocycles. The van der Waals surface area contributed by atoms with E-state index in [0.29, 0.717) is 12.0 Å². The molecule has 0 aliphatic carbocycles. The van der Waals surface area contributed by atoms with Crippen LogP contribution in [0, 0.1) is 5.92 Å². The van der Waals surface area contributed by atoms with Gasteiger partial charge in [-0.15, -0.1) is 0 Å². The minimum absolute atomic E-state index is 0.00357. The third kappa shape index (κ3) is 4.78. The van der Waals surface area contributed by atoms with Crippen molar-refractivity contribution in [3.8, 4) is 0 Å². The van der Waals surface area contributed by atoms with Gasteiger partial charge in [0.2, 0.25) is 5.91 Å². The number of nitrogens with two attached hydrogens (primary N) is 1. The lowest BCUT2D eigenvalue weighted by Crippen LogP contribution is -2.44. The highest BCUT2D eigenvalue weighted by atomic mass is 16.1. The van der Waals surface area contributed by atoms with Crippen molar-refractivity contribution in [1.82, 2.24) is 5.32 Å². The monoisotopic (exact) mass is 276 g/mol. The third-order valence-corrected chi connectivity index (χ3v) is 3.13. The van der Waals surface area contributed by atoms with Crippen LogP contribution in [-0.2, 0) is 11.2 Å². The lowest BCUT2D eigenvalue weighted by Gasteiger charge is -2.22. The number of primary amides is 1. The van der Waals surface area contributed by atoms with Crippen LogP contribution in [0.1, 0.15) is 43.6 Å². The maximum absolute atomic E-state index is 12.2. The number of ketones is 1. The fraction of sp³-hybridized carbons (Fsp3) is 0.500. The van der Waals surface area contributed by atoms with Crippen LogP contribution in [-0.4, -0.2) is 23.8 Å². The zero-order chi connectivity index (χ0) is 15.3. The van der Waals surface area contributed by atoms with Gasteiger partial charge in [-0.1, -0.05) is 39.8 Å². The first kappa shape index (κ1) is 16.4. The number of carbonyl (C=O) groups excluding carboxylic acids is 2. The molecule has 1 rings (SSSR count). The molecule has 0 radical (unpaired) electrons. The standard InChI is InChI=1S/C16H24N2O2/c1-10(2)15(19)14(18-11(3)4)9-12-5-7-13(8-6-12)16(17)20/h5-8,10-11,14,18H,9H2,1-4H3,(H2,17,20)/t14-/m0/s1. The molecule has 3 N–H and O–H groups in total. The van der Waals surface area contributed by atoms with Gasteiger partial charge in [-0.05, 0) is 24.1 Å². The van der Waals surface area contributed by atoms with Crippen LogP contribution in [0.3, 0.4) is 0 Å². The Balaban J connectivity index is 2.83. The number of Topliss-reactive ketones (excluding diaryl/α,β-unsaturated/α-hetero) is 1. The first-order chi connectivity index (χ1) is 9.31. The van der Waals surface area contributed by atoms with Crippen molar-refractivity contribution in [3.05, 3.63) is 35.4 Å². The highest BCUT2D eigenvalue weighted by Gasteiger charge is 2.22. The Morgan fingerprint density at radius 1 is 1.10 bits per heavy atom. The van der Waals surface area contributed by atoms with Gasteiger partial charge in [0, 0.05) is 17.5 Å². The normalized spacial score (nSPS) is 12.7. The fourth-order valence-electron chi connectivity index (χ4n) is 2.09.